The Morgan fingerprint density at radius 3 is 2.67 bits per heavy atom. The number of anilines is 1. The second kappa shape index (κ2) is 5.67. The molecule has 4 heteroatoms. The Morgan fingerprint density at radius 1 is 1.28 bits per heavy atom. The van der Waals surface area contributed by atoms with E-state index in [0.717, 1.165) is 19.3 Å². The predicted octanol–water partition coefficient (Wildman–Crippen LogP) is 2.32. The molecule has 1 fully saturated rings. The normalized spacial score (nSPS) is 14.1. The largest absolute Gasteiger partial charge is 0.349 e. The van der Waals surface area contributed by atoms with Crippen molar-refractivity contribution in [2.75, 3.05) is 5.32 Å². The summed E-state index contributed by atoms with van der Waals surface area (Å²) in [7, 11) is 0. The maximum atomic E-state index is 12.0. The van der Waals surface area contributed by atoms with E-state index < -0.39 is 0 Å². The first-order valence-electron chi connectivity index (χ1n) is 6.40. The van der Waals surface area contributed by atoms with Gasteiger partial charge in [-0.05, 0) is 31.4 Å². The Balaban J connectivity index is 2.08. The number of amides is 2. The van der Waals surface area contributed by atoms with Gasteiger partial charge in [0.1, 0.15) is 0 Å². The number of hydrogen-bond donors (Lipinski definition) is 2. The Hall–Kier alpha value is -1.84. The molecule has 1 aliphatic rings. The molecule has 0 aliphatic heterocycles. The van der Waals surface area contributed by atoms with Crippen molar-refractivity contribution in [2.45, 2.75) is 38.6 Å². The van der Waals surface area contributed by atoms with Crippen LogP contribution in [0.3, 0.4) is 0 Å². The van der Waals surface area contributed by atoms with Gasteiger partial charge in [0.25, 0.3) is 5.91 Å². The summed E-state index contributed by atoms with van der Waals surface area (Å²) in [5.41, 5.74) is 1.13. The first-order valence-corrected chi connectivity index (χ1v) is 6.40. The number of para-hydroxylation sites is 1. The van der Waals surface area contributed by atoms with Crippen molar-refractivity contribution in [3.05, 3.63) is 29.8 Å². The van der Waals surface area contributed by atoms with Crippen LogP contribution in [0.5, 0.6) is 0 Å². The number of carbonyl (C=O) groups excluding carboxylic acids is 2. The zero-order valence-electron chi connectivity index (χ0n) is 10.5. The van der Waals surface area contributed by atoms with Gasteiger partial charge in [0.2, 0.25) is 5.91 Å². The molecular weight excluding hydrogens is 228 g/mol. The van der Waals surface area contributed by atoms with Crippen LogP contribution in [-0.2, 0) is 4.79 Å². The maximum Gasteiger partial charge on any atom is 0.253 e. The van der Waals surface area contributed by atoms with Crippen LogP contribution in [0.1, 0.15) is 43.0 Å². The third-order valence-corrected chi connectivity index (χ3v) is 2.84. The van der Waals surface area contributed by atoms with Crippen LogP contribution in [-0.4, -0.2) is 17.9 Å². The topological polar surface area (TPSA) is 58.2 Å². The maximum absolute atomic E-state index is 12.0. The molecule has 1 aromatic rings. The van der Waals surface area contributed by atoms with Crippen molar-refractivity contribution < 1.29 is 9.59 Å². The van der Waals surface area contributed by atoms with Crippen molar-refractivity contribution >= 4 is 17.5 Å². The summed E-state index contributed by atoms with van der Waals surface area (Å²) in [6.45, 7) is 1.95. The van der Waals surface area contributed by atoms with E-state index in [4.69, 9.17) is 0 Å². The highest BCUT2D eigenvalue weighted by Crippen LogP contribution is 2.21. The average molecular weight is 246 g/mol. The molecule has 2 rings (SSSR count). The SMILES string of the molecule is CCCC(=O)Nc1ccccc1C(=O)NC1CC1. The zero-order valence-corrected chi connectivity index (χ0v) is 10.5. The number of benzene rings is 1. The Morgan fingerprint density at radius 2 is 2.00 bits per heavy atom. The fourth-order valence-corrected chi connectivity index (χ4v) is 1.72. The summed E-state index contributed by atoms with van der Waals surface area (Å²) in [5.74, 6) is -0.158. The second-order valence-corrected chi connectivity index (χ2v) is 4.59. The van der Waals surface area contributed by atoms with E-state index in [2.05, 4.69) is 10.6 Å². The van der Waals surface area contributed by atoms with Gasteiger partial charge in [-0.25, -0.2) is 0 Å². The molecule has 0 bridgehead atoms. The van der Waals surface area contributed by atoms with E-state index in [1.807, 2.05) is 13.0 Å². The molecule has 1 aliphatic carbocycles. The van der Waals surface area contributed by atoms with E-state index in [0.29, 0.717) is 23.7 Å². The van der Waals surface area contributed by atoms with Crippen LogP contribution >= 0.6 is 0 Å². The minimum atomic E-state index is -0.107. The standard InChI is InChI=1S/C14H18N2O2/c1-2-5-13(17)16-12-7-4-3-6-11(12)14(18)15-10-8-9-10/h3-4,6-7,10H,2,5,8-9H2,1H3,(H,15,18)(H,16,17). The fourth-order valence-electron chi connectivity index (χ4n) is 1.72. The van der Waals surface area contributed by atoms with Gasteiger partial charge in [-0.15, -0.1) is 0 Å². The number of carbonyl (C=O) groups is 2. The van der Waals surface area contributed by atoms with Gasteiger partial charge in [-0.2, -0.15) is 0 Å². The summed E-state index contributed by atoms with van der Waals surface area (Å²) in [6, 6.07) is 7.43. The molecule has 1 saturated carbocycles. The molecule has 0 atom stereocenters. The van der Waals surface area contributed by atoms with E-state index in [1.165, 1.54) is 0 Å². The lowest BCUT2D eigenvalue weighted by atomic mass is 10.1. The summed E-state index contributed by atoms with van der Waals surface area (Å²) < 4.78 is 0. The molecule has 1 aromatic carbocycles. The number of rotatable bonds is 5. The van der Waals surface area contributed by atoms with E-state index in [1.54, 1.807) is 18.2 Å². The average Bonchev–Trinajstić information content (AvgIpc) is 3.14. The molecule has 0 radical (unpaired) electrons. The van der Waals surface area contributed by atoms with Crippen molar-refractivity contribution in [3.63, 3.8) is 0 Å². The quantitative estimate of drug-likeness (QED) is 0.837. The van der Waals surface area contributed by atoms with E-state index in [9.17, 15) is 9.59 Å². The highest BCUT2D eigenvalue weighted by molar-refractivity contribution is 6.03. The van der Waals surface area contributed by atoms with E-state index in [-0.39, 0.29) is 11.8 Å². The first-order chi connectivity index (χ1) is 8.70. The van der Waals surface area contributed by atoms with Crippen LogP contribution in [0.15, 0.2) is 24.3 Å². The van der Waals surface area contributed by atoms with Crippen LogP contribution in [0.2, 0.25) is 0 Å². The smallest absolute Gasteiger partial charge is 0.253 e. The minimum Gasteiger partial charge on any atom is -0.349 e. The molecule has 2 N–H and O–H groups in total. The molecule has 96 valence electrons. The molecule has 0 aromatic heterocycles. The van der Waals surface area contributed by atoms with E-state index >= 15 is 0 Å². The number of hydrogen-bond acceptors (Lipinski definition) is 2. The Bertz CT molecular complexity index is 453. The second-order valence-electron chi connectivity index (χ2n) is 4.59. The molecule has 0 saturated heterocycles. The van der Waals surface area contributed by atoms with Crippen molar-refractivity contribution in [1.29, 1.82) is 0 Å². The van der Waals surface area contributed by atoms with Gasteiger partial charge in [-0.3, -0.25) is 9.59 Å². The third kappa shape index (κ3) is 3.32. The summed E-state index contributed by atoms with van der Waals surface area (Å²) in [5, 5.41) is 5.71. The summed E-state index contributed by atoms with van der Waals surface area (Å²) in [4.78, 5) is 23.6. The number of nitrogens with one attached hydrogen (secondary N) is 2. The minimum absolute atomic E-state index is 0.0517. The fraction of sp³-hybridized carbons (Fsp3) is 0.429. The lowest BCUT2D eigenvalue weighted by Crippen LogP contribution is -2.26. The van der Waals surface area contributed by atoms with Gasteiger partial charge < -0.3 is 10.6 Å². The summed E-state index contributed by atoms with van der Waals surface area (Å²) in [6.07, 6.45) is 3.37. The Labute approximate surface area is 107 Å². The molecule has 2 amide bonds. The monoisotopic (exact) mass is 246 g/mol. The van der Waals surface area contributed by atoms with Gasteiger partial charge in [0.15, 0.2) is 0 Å². The highest BCUT2D eigenvalue weighted by Gasteiger charge is 2.24. The zero-order chi connectivity index (χ0) is 13.0. The van der Waals surface area contributed by atoms with Crippen LogP contribution in [0.4, 0.5) is 5.69 Å². The Kier molecular flexibility index (Phi) is 3.97. The highest BCUT2D eigenvalue weighted by atomic mass is 16.2. The van der Waals surface area contributed by atoms with Gasteiger partial charge in [-0.1, -0.05) is 19.1 Å². The van der Waals surface area contributed by atoms with Crippen LogP contribution in [0, 0.1) is 0 Å². The molecule has 4 nitrogen and oxygen atoms in total. The lowest BCUT2D eigenvalue weighted by molar-refractivity contribution is -0.116. The van der Waals surface area contributed by atoms with Crippen LogP contribution in [0.25, 0.3) is 0 Å². The third-order valence-electron chi connectivity index (χ3n) is 2.84. The summed E-state index contributed by atoms with van der Waals surface area (Å²) >= 11 is 0. The van der Waals surface area contributed by atoms with Crippen molar-refractivity contribution in [2.24, 2.45) is 0 Å². The van der Waals surface area contributed by atoms with Crippen molar-refractivity contribution in [1.82, 2.24) is 5.32 Å². The van der Waals surface area contributed by atoms with Gasteiger partial charge in [0.05, 0.1) is 11.3 Å². The van der Waals surface area contributed by atoms with Gasteiger partial charge in [0, 0.05) is 12.5 Å². The lowest BCUT2D eigenvalue weighted by Gasteiger charge is -2.10. The molecule has 0 heterocycles. The molecule has 0 unspecified atom stereocenters. The van der Waals surface area contributed by atoms with Crippen LogP contribution < -0.4 is 10.6 Å². The first kappa shape index (κ1) is 12.6. The molecular formula is C14H18N2O2. The molecule has 0 spiro atoms. The molecule has 18 heavy (non-hydrogen) atoms. The van der Waals surface area contributed by atoms with Gasteiger partial charge >= 0.3 is 0 Å². The van der Waals surface area contributed by atoms with Crippen molar-refractivity contribution in [3.8, 4) is 0 Å². The predicted molar refractivity (Wildman–Crippen MR) is 70.5 cm³/mol.